The highest BCUT2D eigenvalue weighted by molar-refractivity contribution is 6.06. The lowest BCUT2D eigenvalue weighted by Crippen LogP contribution is -2.25. The first-order valence-corrected chi connectivity index (χ1v) is 10.9. The van der Waals surface area contributed by atoms with Crippen molar-refractivity contribution in [3.8, 4) is 22.4 Å². The van der Waals surface area contributed by atoms with Crippen LogP contribution in [0.2, 0.25) is 0 Å². The van der Waals surface area contributed by atoms with Gasteiger partial charge in [0.2, 0.25) is 0 Å². The van der Waals surface area contributed by atoms with Crippen molar-refractivity contribution in [2.45, 2.75) is 13.1 Å². The normalized spacial score (nSPS) is 11.0. The lowest BCUT2D eigenvalue weighted by atomic mass is 9.96. The van der Waals surface area contributed by atoms with Crippen molar-refractivity contribution in [3.63, 3.8) is 0 Å². The van der Waals surface area contributed by atoms with E-state index in [1.807, 2.05) is 73.8 Å². The molecule has 168 valence electrons. The Hall–Kier alpha value is -4.43. The van der Waals surface area contributed by atoms with E-state index in [-0.39, 0.29) is 12.5 Å². The zero-order valence-electron chi connectivity index (χ0n) is 18.6. The Balaban J connectivity index is 1.61. The summed E-state index contributed by atoms with van der Waals surface area (Å²) in [4.78, 5) is 22.4. The number of amides is 1. The summed E-state index contributed by atoms with van der Waals surface area (Å²) >= 11 is 0. The van der Waals surface area contributed by atoms with Crippen molar-refractivity contribution in [1.29, 1.82) is 0 Å². The van der Waals surface area contributed by atoms with Gasteiger partial charge in [0.1, 0.15) is 12.0 Å². The van der Waals surface area contributed by atoms with Gasteiger partial charge in [0, 0.05) is 36.3 Å². The molecule has 8 nitrogen and oxygen atoms in total. The fourth-order valence-electron chi connectivity index (χ4n) is 3.84. The molecule has 1 amide bonds. The molecule has 0 bridgehead atoms. The van der Waals surface area contributed by atoms with Crippen LogP contribution in [0.1, 0.15) is 21.9 Å². The maximum absolute atomic E-state index is 13.1. The molecule has 3 heterocycles. The number of rotatable bonds is 6. The number of hydrogen-bond acceptors (Lipinski definition) is 6. The van der Waals surface area contributed by atoms with Crippen molar-refractivity contribution < 1.29 is 4.79 Å². The van der Waals surface area contributed by atoms with Crippen LogP contribution in [0.5, 0.6) is 0 Å². The first-order valence-electron chi connectivity index (χ1n) is 10.9. The Kier molecular flexibility index (Phi) is 5.80. The number of nitrogens with two attached hydrogens (primary N) is 1. The smallest absolute Gasteiger partial charge is 0.270 e. The summed E-state index contributed by atoms with van der Waals surface area (Å²) < 4.78 is 1.76. The monoisotopic (exact) mass is 449 g/mol. The van der Waals surface area contributed by atoms with Gasteiger partial charge in [0.15, 0.2) is 5.82 Å². The number of fused-ring (bicyclic) bond motifs is 1. The highest BCUT2D eigenvalue weighted by Gasteiger charge is 2.17. The minimum absolute atomic E-state index is 0.248. The molecule has 3 N–H and O–H groups in total. The molecule has 0 radical (unpaired) electrons. The SMILES string of the molecule is Cn1cnnc1CNC(=O)c1nccc2nc(-c3ccc(CN)cc3)c(-c3ccccc3)cc12. The van der Waals surface area contributed by atoms with Gasteiger partial charge in [-0.3, -0.25) is 9.78 Å². The van der Waals surface area contributed by atoms with E-state index in [0.29, 0.717) is 29.0 Å². The van der Waals surface area contributed by atoms with Gasteiger partial charge in [0.05, 0.1) is 17.8 Å². The van der Waals surface area contributed by atoms with Gasteiger partial charge in [-0.25, -0.2) is 4.98 Å². The Morgan fingerprint density at radius 2 is 1.82 bits per heavy atom. The number of nitrogens with one attached hydrogen (secondary N) is 1. The molecule has 5 aromatic rings. The van der Waals surface area contributed by atoms with E-state index >= 15 is 0 Å². The number of benzene rings is 2. The lowest BCUT2D eigenvalue weighted by molar-refractivity contribution is 0.0946. The number of hydrogen-bond donors (Lipinski definition) is 2. The molecule has 3 aromatic heterocycles. The van der Waals surface area contributed by atoms with Crippen molar-refractivity contribution in [2.75, 3.05) is 0 Å². The Bertz CT molecular complexity index is 1460. The molecule has 0 atom stereocenters. The van der Waals surface area contributed by atoms with Crippen LogP contribution < -0.4 is 11.1 Å². The van der Waals surface area contributed by atoms with Crippen LogP contribution in [0, 0.1) is 0 Å². The fraction of sp³-hybridized carbons (Fsp3) is 0.115. The lowest BCUT2D eigenvalue weighted by Gasteiger charge is -2.14. The molecule has 0 saturated carbocycles. The first kappa shape index (κ1) is 21.4. The molecule has 34 heavy (non-hydrogen) atoms. The molecule has 0 aliphatic rings. The molecule has 0 unspecified atom stereocenters. The Morgan fingerprint density at radius 1 is 1.03 bits per heavy atom. The molecule has 0 fully saturated rings. The summed E-state index contributed by atoms with van der Waals surface area (Å²) in [6.07, 6.45) is 3.20. The molecule has 0 aliphatic carbocycles. The zero-order valence-corrected chi connectivity index (χ0v) is 18.6. The summed E-state index contributed by atoms with van der Waals surface area (Å²) in [6, 6.07) is 21.9. The predicted octanol–water partition coefficient (Wildman–Crippen LogP) is 3.48. The van der Waals surface area contributed by atoms with Crippen LogP contribution in [-0.2, 0) is 20.1 Å². The molecule has 5 rings (SSSR count). The van der Waals surface area contributed by atoms with Crippen LogP contribution >= 0.6 is 0 Å². The zero-order chi connectivity index (χ0) is 23.5. The van der Waals surface area contributed by atoms with E-state index in [9.17, 15) is 4.79 Å². The van der Waals surface area contributed by atoms with Crippen LogP contribution in [0.4, 0.5) is 0 Å². The van der Waals surface area contributed by atoms with Gasteiger partial charge in [0.25, 0.3) is 5.91 Å². The van der Waals surface area contributed by atoms with E-state index < -0.39 is 0 Å². The van der Waals surface area contributed by atoms with Crippen LogP contribution in [0.3, 0.4) is 0 Å². The fourth-order valence-corrected chi connectivity index (χ4v) is 3.84. The third-order valence-corrected chi connectivity index (χ3v) is 5.72. The number of aryl methyl sites for hydroxylation is 1. The topological polar surface area (TPSA) is 112 Å². The largest absolute Gasteiger partial charge is 0.343 e. The predicted molar refractivity (Wildman–Crippen MR) is 130 cm³/mol. The van der Waals surface area contributed by atoms with E-state index in [2.05, 4.69) is 20.5 Å². The summed E-state index contributed by atoms with van der Waals surface area (Å²) in [5.41, 5.74) is 11.6. The van der Waals surface area contributed by atoms with Crippen LogP contribution in [0.15, 0.2) is 79.3 Å². The maximum Gasteiger partial charge on any atom is 0.270 e. The second-order valence-electron chi connectivity index (χ2n) is 7.92. The summed E-state index contributed by atoms with van der Waals surface area (Å²) in [6.45, 7) is 0.730. The maximum atomic E-state index is 13.1. The quantitative estimate of drug-likeness (QED) is 0.411. The Labute approximate surface area is 196 Å². The van der Waals surface area contributed by atoms with Crippen LogP contribution in [0.25, 0.3) is 33.3 Å². The number of carbonyl (C=O) groups is 1. The number of aromatic nitrogens is 5. The van der Waals surface area contributed by atoms with Gasteiger partial charge in [-0.15, -0.1) is 10.2 Å². The van der Waals surface area contributed by atoms with Gasteiger partial charge in [-0.1, -0.05) is 54.6 Å². The van der Waals surface area contributed by atoms with Crippen molar-refractivity contribution >= 4 is 16.8 Å². The highest BCUT2D eigenvalue weighted by Crippen LogP contribution is 2.34. The minimum atomic E-state index is -0.297. The first-order chi connectivity index (χ1) is 16.6. The van der Waals surface area contributed by atoms with E-state index in [1.165, 1.54) is 0 Å². The van der Waals surface area contributed by atoms with Crippen LogP contribution in [-0.4, -0.2) is 30.6 Å². The number of nitrogens with zero attached hydrogens (tertiary/aromatic N) is 5. The molecule has 2 aromatic carbocycles. The standard InChI is InChI=1S/C26H23N7O/c1-33-16-30-32-23(33)15-29-26(34)25-21-13-20(18-5-3-2-4-6-18)24(31-22(21)11-12-28-25)19-9-7-17(14-27)8-10-19/h2-13,16H,14-15,27H2,1H3,(H,29,34). The summed E-state index contributed by atoms with van der Waals surface area (Å²) in [5, 5.41) is 11.4. The van der Waals surface area contributed by atoms with E-state index in [4.69, 9.17) is 10.7 Å². The summed E-state index contributed by atoms with van der Waals surface area (Å²) in [5.74, 6) is 0.356. The molecule has 0 spiro atoms. The molecule has 0 saturated heterocycles. The third kappa shape index (κ3) is 4.14. The van der Waals surface area contributed by atoms with E-state index in [0.717, 1.165) is 27.9 Å². The van der Waals surface area contributed by atoms with Crippen molar-refractivity contribution in [2.24, 2.45) is 12.8 Å². The number of carbonyl (C=O) groups excluding carboxylic acids is 1. The van der Waals surface area contributed by atoms with Crippen molar-refractivity contribution in [3.05, 3.63) is 96.3 Å². The minimum Gasteiger partial charge on any atom is -0.343 e. The number of pyridine rings is 2. The van der Waals surface area contributed by atoms with Gasteiger partial charge >= 0.3 is 0 Å². The average molecular weight is 450 g/mol. The average Bonchev–Trinajstić information content (AvgIpc) is 3.31. The molecular formula is C26H23N7O. The second-order valence-corrected chi connectivity index (χ2v) is 7.92. The third-order valence-electron chi connectivity index (χ3n) is 5.72. The molecule has 0 aliphatic heterocycles. The van der Waals surface area contributed by atoms with Gasteiger partial charge < -0.3 is 15.6 Å². The summed E-state index contributed by atoms with van der Waals surface area (Å²) in [7, 11) is 1.83. The second kappa shape index (κ2) is 9.21. The molecular weight excluding hydrogens is 426 g/mol. The highest BCUT2D eigenvalue weighted by atomic mass is 16.1. The van der Waals surface area contributed by atoms with Gasteiger partial charge in [-0.2, -0.15) is 0 Å². The Morgan fingerprint density at radius 3 is 2.53 bits per heavy atom. The van der Waals surface area contributed by atoms with E-state index in [1.54, 1.807) is 17.1 Å². The van der Waals surface area contributed by atoms with Crippen molar-refractivity contribution in [1.82, 2.24) is 30.0 Å². The van der Waals surface area contributed by atoms with Gasteiger partial charge in [-0.05, 0) is 23.3 Å². The molecule has 8 heteroatoms.